The fraction of sp³-hybridized carbons (Fsp3) is 0.273. The van der Waals surface area contributed by atoms with Gasteiger partial charge in [0, 0.05) is 0 Å². The predicted octanol–water partition coefficient (Wildman–Crippen LogP) is 4.56. The van der Waals surface area contributed by atoms with E-state index in [9.17, 15) is 0 Å². The number of hydrogen-bond donors (Lipinski definition) is 0. The fourth-order valence-corrected chi connectivity index (χ4v) is 0.971. The lowest BCUT2D eigenvalue weighted by Gasteiger charge is -1.77. The molecule has 0 aromatic carbocycles. The Labute approximate surface area is 86.7 Å². The summed E-state index contributed by atoms with van der Waals surface area (Å²) in [4.78, 5) is 0. The minimum Gasteiger partial charge on any atom is -0.296 e. The van der Waals surface area contributed by atoms with Crippen molar-refractivity contribution in [1.82, 2.24) is 0 Å². The van der Waals surface area contributed by atoms with E-state index in [1.165, 1.54) is 19.1 Å². The van der Waals surface area contributed by atoms with Crippen LogP contribution in [0.25, 0.3) is 0 Å². The van der Waals surface area contributed by atoms with Gasteiger partial charge in [-0.2, -0.15) is 0 Å². The van der Waals surface area contributed by atoms with Crippen LogP contribution in [-0.2, 0) is 0 Å². The van der Waals surface area contributed by atoms with Crippen LogP contribution in [0.2, 0.25) is 0 Å². The minimum absolute atomic E-state index is 0.329. The summed E-state index contributed by atoms with van der Waals surface area (Å²) in [6.07, 6.45) is 9.79. The molecule has 1 rings (SSSR count). The lowest BCUT2D eigenvalue weighted by Crippen LogP contribution is -1.56. The maximum atomic E-state index is 4.55. The molecule has 0 N–H and O–H groups in total. The molecule has 2 nitrogen and oxygen atoms in total. The molecule has 0 amide bonds. The van der Waals surface area contributed by atoms with E-state index in [1.807, 2.05) is 17.9 Å². The van der Waals surface area contributed by atoms with Gasteiger partial charge >= 0.3 is 0 Å². The second kappa shape index (κ2) is 11.9. The first-order valence-electron chi connectivity index (χ1n) is 4.59. The average molecular weight is 212 g/mol. The third kappa shape index (κ3) is 10.9. The molecule has 0 aliphatic rings. The summed E-state index contributed by atoms with van der Waals surface area (Å²) >= 11 is 0. The van der Waals surface area contributed by atoms with E-state index < -0.39 is 0 Å². The van der Waals surface area contributed by atoms with Crippen molar-refractivity contribution in [3.8, 4) is 0 Å². The first-order chi connectivity index (χ1) is 6.91. The number of unbranched alkanes of at least 4 members (excludes halogenated alkanes) is 1. The molecule has 0 radical (unpaired) electrons. The molecule has 1 aromatic rings. The molecule has 1 aromatic heterocycles. The van der Waals surface area contributed by atoms with Crippen molar-refractivity contribution in [2.75, 3.05) is 0 Å². The Morgan fingerprint density at radius 2 is 2.29 bits per heavy atom. The molecule has 78 valence electrons. The molecule has 3 heteroatoms. The molecule has 1 unspecified atom stereocenters. The summed E-state index contributed by atoms with van der Waals surface area (Å²) < 4.78 is 9.01. The monoisotopic (exact) mass is 212 g/mol. The Bertz CT molecular complexity index is 215. The summed E-state index contributed by atoms with van der Waals surface area (Å²) in [5.41, 5.74) is 0. The first-order valence-corrected chi connectivity index (χ1v) is 5.57. The zero-order valence-electron chi connectivity index (χ0n) is 8.48. The van der Waals surface area contributed by atoms with Gasteiger partial charge in [0.05, 0.1) is 8.43 Å². The summed E-state index contributed by atoms with van der Waals surface area (Å²) in [7, 11) is 0.329. The van der Waals surface area contributed by atoms with Crippen LogP contribution in [0.1, 0.15) is 19.8 Å². The van der Waals surface area contributed by atoms with E-state index in [1.54, 1.807) is 12.1 Å². The standard InChI is InChI=1S/C7H12.C4H5O2P/c1-3-5-7-6-4-2;1-2-4-7-6-5-3-1/h3,5,7H,1,4,6H2,2H3;1-4,7H. The van der Waals surface area contributed by atoms with E-state index in [-0.39, 0.29) is 0 Å². The van der Waals surface area contributed by atoms with Gasteiger partial charge in [-0.15, -0.1) is 0 Å². The maximum Gasteiger partial charge on any atom is 0.143 e. The third-order valence-corrected chi connectivity index (χ3v) is 1.75. The lowest BCUT2D eigenvalue weighted by atomic mass is 10.3. The zero-order chi connectivity index (χ0) is 10.5. The van der Waals surface area contributed by atoms with Gasteiger partial charge in [-0.25, -0.2) is 0 Å². The number of hydrogen-bond acceptors (Lipinski definition) is 2. The Balaban J connectivity index is 0.000000241. The average Bonchev–Trinajstić information content (AvgIpc) is 2.51. The van der Waals surface area contributed by atoms with E-state index in [4.69, 9.17) is 0 Å². The van der Waals surface area contributed by atoms with Crippen LogP contribution in [0, 0.1) is 0 Å². The fourth-order valence-electron chi connectivity index (χ4n) is 0.615. The predicted molar refractivity (Wildman–Crippen MR) is 62.3 cm³/mol. The second-order valence-electron chi connectivity index (χ2n) is 2.44. The van der Waals surface area contributed by atoms with Crippen LogP contribution >= 0.6 is 8.43 Å². The molecule has 0 aliphatic heterocycles. The lowest BCUT2D eigenvalue weighted by molar-refractivity contribution is 0.102. The Morgan fingerprint density at radius 3 is 3.00 bits per heavy atom. The van der Waals surface area contributed by atoms with Crippen LogP contribution in [0.15, 0.2) is 57.9 Å². The smallest absolute Gasteiger partial charge is 0.143 e. The van der Waals surface area contributed by atoms with Crippen LogP contribution < -0.4 is 0 Å². The zero-order valence-corrected chi connectivity index (χ0v) is 9.48. The van der Waals surface area contributed by atoms with Crippen LogP contribution in [-0.4, -0.2) is 0 Å². The van der Waals surface area contributed by atoms with Crippen molar-refractivity contribution >= 4 is 8.43 Å². The largest absolute Gasteiger partial charge is 0.296 e. The normalized spacial score (nSPS) is 9.50. The van der Waals surface area contributed by atoms with E-state index >= 15 is 0 Å². The third-order valence-electron chi connectivity index (χ3n) is 1.23. The summed E-state index contributed by atoms with van der Waals surface area (Å²) in [6.45, 7) is 5.71. The highest BCUT2D eigenvalue weighted by Gasteiger charge is 1.66. The first kappa shape index (κ1) is 12.9. The van der Waals surface area contributed by atoms with Gasteiger partial charge in [0.2, 0.25) is 0 Å². The summed E-state index contributed by atoms with van der Waals surface area (Å²) in [5, 5.41) is 0. The van der Waals surface area contributed by atoms with Gasteiger partial charge < -0.3 is 0 Å². The van der Waals surface area contributed by atoms with Gasteiger partial charge in [0.25, 0.3) is 0 Å². The van der Waals surface area contributed by atoms with Crippen LogP contribution in [0.4, 0.5) is 0 Å². The maximum absolute atomic E-state index is 4.55. The second-order valence-corrected chi connectivity index (χ2v) is 3.17. The molecular formula is C11H17O2P. The van der Waals surface area contributed by atoms with Crippen LogP contribution in [0.5, 0.6) is 0 Å². The van der Waals surface area contributed by atoms with Gasteiger partial charge in [0.1, 0.15) is 6.26 Å². The number of rotatable bonds is 3. The Kier molecular flexibility index (Phi) is 10.9. The van der Waals surface area contributed by atoms with Gasteiger partial charge in [-0.3, -0.25) is 8.93 Å². The molecule has 1 heterocycles. The highest BCUT2D eigenvalue weighted by Crippen LogP contribution is 1.96. The van der Waals surface area contributed by atoms with Crippen molar-refractivity contribution in [2.24, 2.45) is 0 Å². The topological polar surface area (TPSA) is 26.3 Å². The molecule has 14 heavy (non-hydrogen) atoms. The molecule has 0 bridgehead atoms. The number of allylic oxidation sites excluding steroid dienone is 3. The molecule has 0 aliphatic carbocycles. The summed E-state index contributed by atoms with van der Waals surface area (Å²) in [6, 6.07) is 3.66. The molecule has 1 atom stereocenters. The molecule has 0 saturated carbocycles. The Morgan fingerprint density at radius 1 is 1.43 bits per heavy atom. The van der Waals surface area contributed by atoms with E-state index in [0.29, 0.717) is 8.43 Å². The molecular weight excluding hydrogens is 195 g/mol. The van der Waals surface area contributed by atoms with E-state index in [0.717, 1.165) is 0 Å². The van der Waals surface area contributed by atoms with Gasteiger partial charge in [-0.05, 0) is 18.3 Å². The molecule has 0 spiro atoms. The highest BCUT2D eigenvalue weighted by atomic mass is 31.1. The SMILES string of the molecule is C=CC=CCCC.c1cc[pH]ooc1. The molecule has 0 saturated heterocycles. The van der Waals surface area contributed by atoms with Gasteiger partial charge in [0.15, 0.2) is 0 Å². The van der Waals surface area contributed by atoms with Crippen molar-refractivity contribution in [2.45, 2.75) is 19.8 Å². The summed E-state index contributed by atoms with van der Waals surface area (Å²) in [5.74, 6) is 1.89. The van der Waals surface area contributed by atoms with Gasteiger partial charge in [-0.1, -0.05) is 44.2 Å². The van der Waals surface area contributed by atoms with Crippen molar-refractivity contribution in [3.05, 3.63) is 49.0 Å². The van der Waals surface area contributed by atoms with Crippen LogP contribution in [0.3, 0.4) is 0 Å². The van der Waals surface area contributed by atoms with Crippen molar-refractivity contribution in [1.29, 1.82) is 0 Å². The highest BCUT2D eigenvalue weighted by molar-refractivity contribution is 7.21. The Hall–Kier alpha value is -1.14. The molecule has 0 fully saturated rings. The van der Waals surface area contributed by atoms with Crippen molar-refractivity contribution < 1.29 is 8.93 Å². The van der Waals surface area contributed by atoms with Crippen molar-refractivity contribution in [3.63, 3.8) is 0 Å². The minimum atomic E-state index is 0.329. The van der Waals surface area contributed by atoms with E-state index in [2.05, 4.69) is 28.5 Å². The quantitative estimate of drug-likeness (QED) is 0.542.